The Labute approximate surface area is 146 Å². The number of aliphatic hydroxyl groups excluding tert-OH is 1. The summed E-state index contributed by atoms with van der Waals surface area (Å²) < 4.78 is 12.7. The van der Waals surface area contributed by atoms with Crippen molar-refractivity contribution in [2.24, 2.45) is 0 Å². The van der Waals surface area contributed by atoms with Gasteiger partial charge in [-0.1, -0.05) is 0 Å². The van der Waals surface area contributed by atoms with Gasteiger partial charge in [-0.15, -0.1) is 0 Å². The molecule has 5 rings (SSSR count). The van der Waals surface area contributed by atoms with E-state index in [1.807, 2.05) is 16.8 Å². The summed E-state index contributed by atoms with van der Waals surface area (Å²) in [7, 11) is 3.18. The Morgan fingerprint density at radius 3 is 2.64 bits per heavy atom. The molecule has 0 aliphatic carbocycles. The number of nitrogens with zero attached hydrogens (tertiary/aromatic N) is 3. The van der Waals surface area contributed by atoms with E-state index in [1.54, 1.807) is 14.2 Å². The summed E-state index contributed by atoms with van der Waals surface area (Å²) in [5.74, 6) is 1.64. The van der Waals surface area contributed by atoms with E-state index in [0.717, 1.165) is 42.9 Å². The lowest BCUT2D eigenvalue weighted by Gasteiger charge is -2.39. The van der Waals surface area contributed by atoms with Crippen molar-refractivity contribution in [3.8, 4) is 22.8 Å². The SMILES string of the molecule is COc1cc(-c2c3c(nn2CCO)C2CCN3CC2)cc(N)c1OC. The Morgan fingerprint density at radius 2 is 2.00 bits per heavy atom. The molecule has 0 saturated carbocycles. The number of ether oxygens (including phenoxy) is 2. The third-order valence-electron chi connectivity index (χ3n) is 5.24. The van der Waals surface area contributed by atoms with E-state index in [2.05, 4.69) is 4.90 Å². The van der Waals surface area contributed by atoms with Crippen LogP contribution in [0.2, 0.25) is 0 Å². The van der Waals surface area contributed by atoms with Gasteiger partial charge in [0.25, 0.3) is 0 Å². The van der Waals surface area contributed by atoms with E-state index in [4.69, 9.17) is 20.3 Å². The average Bonchev–Trinajstić information content (AvgIpc) is 3.03. The fourth-order valence-electron chi connectivity index (χ4n) is 4.11. The predicted octanol–water partition coefficient (Wildman–Crippen LogP) is 1.84. The second kappa shape index (κ2) is 6.15. The van der Waals surface area contributed by atoms with E-state index >= 15 is 0 Å². The van der Waals surface area contributed by atoms with Gasteiger partial charge in [-0.3, -0.25) is 4.68 Å². The fourth-order valence-corrected chi connectivity index (χ4v) is 4.11. The van der Waals surface area contributed by atoms with Crippen LogP contribution in [-0.2, 0) is 6.54 Å². The van der Waals surface area contributed by atoms with Gasteiger partial charge in [0.05, 0.1) is 50.1 Å². The number of rotatable bonds is 5. The lowest BCUT2D eigenvalue weighted by Crippen LogP contribution is -2.38. The number of nitrogens with two attached hydrogens (primary N) is 1. The fraction of sp³-hybridized carbons (Fsp3) is 0.500. The highest BCUT2D eigenvalue weighted by Gasteiger charge is 2.37. The molecule has 25 heavy (non-hydrogen) atoms. The number of anilines is 2. The number of aromatic nitrogens is 2. The number of hydrogen-bond donors (Lipinski definition) is 2. The van der Waals surface area contributed by atoms with Crippen LogP contribution in [0.5, 0.6) is 11.5 Å². The molecule has 7 heteroatoms. The summed E-state index contributed by atoms with van der Waals surface area (Å²) in [6.45, 7) is 2.61. The zero-order chi connectivity index (χ0) is 17.6. The highest BCUT2D eigenvalue weighted by atomic mass is 16.5. The number of benzene rings is 1. The maximum absolute atomic E-state index is 9.49. The number of nitrogen functional groups attached to an aromatic ring is 1. The molecule has 4 heterocycles. The Hall–Kier alpha value is -2.41. The molecule has 0 unspecified atom stereocenters. The second-order valence-electron chi connectivity index (χ2n) is 6.59. The first-order chi connectivity index (χ1) is 12.2. The monoisotopic (exact) mass is 344 g/mol. The van der Waals surface area contributed by atoms with E-state index in [-0.39, 0.29) is 6.61 Å². The molecule has 1 saturated heterocycles. The summed E-state index contributed by atoms with van der Waals surface area (Å²) in [5.41, 5.74) is 11.0. The van der Waals surface area contributed by atoms with E-state index in [1.165, 1.54) is 5.69 Å². The van der Waals surface area contributed by atoms with Gasteiger partial charge in [-0.2, -0.15) is 5.10 Å². The standard InChI is InChI=1S/C18H24N4O3/c1-24-14-10-12(9-13(19)18(14)25-2)16-17-15(20-22(16)7-8-23)11-3-5-21(17)6-4-11/h9-11,23H,3-8,19H2,1-2H3. The third-order valence-corrected chi connectivity index (χ3v) is 5.24. The number of hydrogen-bond acceptors (Lipinski definition) is 6. The zero-order valence-electron chi connectivity index (χ0n) is 14.7. The van der Waals surface area contributed by atoms with Crippen LogP contribution in [0.4, 0.5) is 11.4 Å². The minimum absolute atomic E-state index is 0.0427. The Balaban J connectivity index is 1.92. The van der Waals surface area contributed by atoms with Gasteiger partial charge in [0.15, 0.2) is 11.5 Å². The third kappa shape index (κ3) is 2.41. The van der Waals surface area contributed by atoms with Crippen LogP contribution in [0.25, 0.3) is 11.3 Å². The van der Waals surface area contributed by atoms with Gasteiger partial charge in [0, 0.05) is 24.6 Å². The van der Waals surface area contributed by atoms with E-state index < -0.39 is 0 Å². The lowest BCUT2D eigenvalue weighted by molar-refractivity contribution is 0.269. The maximum Gasteiger partial charge on any atom is 0.183 e. The largest absolute Gasteiger partial charge is 0.493 e. The molecule has 1 aromatic heterocycles. The molecular weight excluding hydrogens is 320 g/mol. The average molecular weight is 344 g/mol. The molecule has 3 N–H and O–H groups in total. The Morgan fingerprint density at radius 1 is 1.24 bits per heavy atom. The van der Waals surface area contributed by atoms with Crippen LogP contribution in [0, 0.1) is 0 Å². The molecule has 1 aromatic carbocycles. The topological polar surface area (TPSA) is 85.8 Å². The molecule has 2 bridgehead atoms. The highest BCUT2D eigenvalue weighted by Crippen LogP contribution is 2.48. The van der Waals surface area contributed by atoms with Crippen molar-refractivity contribution in [2.75, 3.05) is 44.5 Å². The summed E-state index contributed by atoms with van der Waals surface area (Å²) in [4.78, 5) is 2.40. The molecular formula is C18H24N4O3. The van der Waals surface area contributed by atoms with E-state index in [0.29, 0.717) is 29.6 Å². The van der Waals surface area contributed by atoms with Crippen molar-refractivity contribution in [3.63, 3.8) is 0 Å². The maximum atomic E-state index is 9.49. The van der Waals surface area contributed by atoms with Gasteiger partial charge in [0.1, 0.15) is 0 Å². The number of aliphatic hydroxyl groups is 1. The Kier molecular flexibility index (Phi) is 3.95. The van der Waals surface area contributed by atoms with Crippen molar-refractivity contribution < 1.29 is 14.6 Å². The molecule has 1 fully saturated rings. The van der Waals surface area contributed by atoms with Crippen molar-refractivity contribution in [1.29, 1.82) is 0 Å². The molecule has 134 valence electrons. The smallest absolute Gasteiger partial charge is 0.183 e. The van der Waals surface area contributed by atoms with Crippen molar-refractivity contribution >= 4 is 11.4 Å². The summed E-state index contributed by atoms with van der Waals surface area (Å²) in [6, 6.07) is 3.83. The molecule has 0 spiro atoms. The minimum atomic E-state index is 0.0427. The predicted molar refractivity (Wildman–Crippen MR) is 96.5 cm³/mol. The summed E-state index contributed by atoms with van der Waals surface area (Å²) >= 11 is 0. The molecule has 0 radical (unpaired) electrons. The molecule has 0 amide bonds. The molecule has 3 aliphatic rings. The van der Waals surface area contributed by atoms with Gasteiger partial charge in [-0.25, -0.2) is 0 Å². The van der Waals surface area contributed by atoms with Gasteiger partial charge in [-0.05, 0) is 25.0 Å². The van der Waals surface area contributed by atoms with Gasteiger partial charge < -0.3 is 25.2 Å². The first kappa shape index (κ1) is 16.1. The second-order valence-corrected chi connectivity index (χ2v) is 6.59. The van der Waals surface area contributed by atoms with Crippen LogP contribution in [0.15, 0.2) is 12.1 Å². The number of fused-ring (bicyclic) bond motifs is 2. The van der Waals surface area contributed by atoms with Crippen LogP contribution in [0.1, 0.15) is 24.5 Å². The van der Waals surface area contributed by atoms with Crippen LogP contribution < -0.4 is 20.1 Å². The van der Waals surface area contributed by atoms with Gasteiger partial charge >= 0.3 is 0 Å². The summed E-state index contributed by atoms with van der Waals surface area (Å²) in [6.07, 6.45) is 2.30. The quantitative estimate of drug-likeness (QED) is 0.805. The van der Waals surface area contributed by atoms with Crippen molar-refractivity contribution in [1.82, 2.24) is 9.78 Å². The number of piperidine rings is 1. The molecule has 2 aromatic rings. The molecule has 0 atom stereocenters. The molecule has 3 aliphatic heterocycles. The van der Waals surface area contributed by atoms with Crippen LogP contribution in [-0.4, -0.2) is 48.8 Å². The molecule has 7 nitrogen and oxygen atoms in total. The highest BCUT2D eigenvalue weighted by molar-refractivity contribution is 5.83. The Bertz CT molecular complexity index is 794. The van der Waals surface area contributed by atoms with Crippen LogP contribution in [0.3, 0.4) is 0 Å². The first-order valence-corrected chi connectivity index (χ1v) is 8.66. The zero-order valence-corrected chi connectivity index (χ0v) is 14.7. The summed E-state index contributed by atoms with van der Waals surface area (Å²) in [5, 5.41) is 14.3. The minimum Gasteiger partial charge on any atom is -0.493 e. The van der Waals surface area contributed by atoms with Crippen molar-refractivity contribution in [2.45, 2.75) is 25.3 Å². The first-order valence-electron chi connectivity index (χ1n) is 8.66. The number of methoxy groups -OCH3 is 2. The van der Waals surface area contributed by atoms with Crippen molar-refractivity contribution in [3.05, 3.63) is 17.8 Å². The lowest BCUT2D eigenvalue weighted by atomic mass is 9.86. The van der Waals surface area contributed by atoms with Crippen LogP contribution >= 0.6 is 0 Å². The van der Waals surface area contributed by atoms with Gasteiger partial charge in [0.2, 0.25) is 0 Å². The van der Waals surface area contributed by atoms with E-state index in [9.17, 15) is 5.11 Å². The normalized spacial score (nSPS) is 16.2.